The molecule has 2 rings (SSSR count). The highest BCUT2D eigenvalue weighted by Crippen LogP contribution is 2.24. The molecule has 1 fully saturated rings. The lowest BCUT2D eigenvalue weighted by atomic mass is 10.00. The summed E-state index contributed by atoms with van der Waals surface area (Å²) in [4.78, 5) is 7.17. The van der Waals surface area contributed by atoms with Crippen LogP contribution in [0.3, 0.4) is 0 Å². The number of hydrogen-bond acceptors (Lipinski definition) is 3. The standard InChI is InChI=1S/C17H29N3/c1-13-7-6-8-20(12-13)16-14(2)9-15(10-18-16)11-19-17(3,4)5/h9-10,13,19H,6-8,11-12H2,1-5H3. The van der Waals surface area contributed by atoms with E-state index in [1.165, 1.54) is 29.8 Å². The number of aryl methyl sites for hydroxylation is 1. The molecule has 0 amide bonds. The first-order chi connectivity index (χ1) is 9.35. The fraction of sp³-hybridized carbons (Fsp3) is 0.706. The second kappa shape index (κ2) is 6.13. The number of rotatable bonds is 3. The number of pyridine rings is 1. The van der Waals surface area contributed by atoms with Gasteiger partial charge in [-0.05, 0) is 63.6 Å². The smallest absolute Gasteiger partial charge is 0.131 e. The number of piperidine rings is 1. The van der Waals surface area contributed by atoms with E-state index in [9.17, 15) is 0 Å². The molecule has 1 aliphatic heterocycles. The van der Waals surface area contributed by atoms with E-state index in [2.05, 4.69) is 50.9 Å². The minimum Gasteiger partial charge on any atom is -0.356 e. The zero-order chi connectivity index (χ0) is 14.8. The molecule has 1 aromatic rings. The van der Waals surface area contributed by atoms with Gasteiger partial charge in [0.25, 0.3) is 0 Å². The van der Waals surface area contributed by atoms with Crippen molar-refractivity contribution in [3.8, 4) is 0 Å². The maximum absolute atomic E-state index is 4.72. The van der Waals surface area contributed by atoms with Gasteiger partial charge in [0.15, 0.2) is 0 Å². The molecule has 0 spiro atoms. The Kier molecular flexibility index (Phi) is 4.69. The number of aromatic nitrogens is 1. The van der Waals surface area contributed by atoms with E-state index in [1.807, 2.05) is 6.20 Å². The van der Waals surface area contributed by atoms with Gasteiger partial charge in [-0.25, -0.2) is 4.98 Å². The van der Waals surface area contributed by atoms with Gasteiger partial charge in [0, 0.05) is 31.4 Å². The quantitative estimate of drug-likeness (QED) is 0.915. The Balaban J connectivity index is 2.05. The summed E-state index contributed by atoms with van der Waals surface area (Å²) in [7, 11) is 0. The lowest BCUT2D eigenvalue weighted by Crippen LogP contribution is -2.36. The van der Waals surface area contributed by atoms with Crippen LogP contribution >= 0.6 is 0 Å². The molecule has 1 aliphatic rings. The molecule has 1 N–H and O–H groups in total. The Labute approximate surface area is 123 Å². The van der Waals surface area contributed by atoms with Gasteiger partial charge in [0.05, 0.1) is 0 Å². The van der Waals surface area contributed by atoms with E-state index in [0.29, 0.717) is 0 Å². The van der Waals surface area contributed by atoms with Gasteiger partial charge in [-0.15, -0.1) is 0 Å². The Morgan fingerprint density at radius 1 is 1.40 bits per heavy atom. The van der Waals surface area contributed by atoms with E-state index in [4.69, 9.17) is 4.98 Å². The molecule has 112 valence electrons. The summed E-state index contributed by atoms with van der Waals surface area (Å²) in [6.45, 7) is 14.3. The van der Waals surface area contributed by atoms with Gasteiger partial charge in [-0.1, -0.05) is 6.92 Å². The third-order valence-corrected chi connectivity index (χ3v) is 3.89. The zero-order valence-corrected chi connectivity index (χ0v) is 13.7. The van der Waals surface area contributed by atoms with E-state index in [-0.39, 0.29) is 5.54 Å². The first kappa shape index (κ1) is 15.3. The molecule has 0 bridgehead atoms. The van der Waals surface area contributed by atoms with E-state index in [0.717, 1.165) is 25.6 Å². The van der Waals surface area contributed by atoms with Crippen molar-refractivity contribution in [3.63, 3.8) is 0 Å². The van der Waals surface area contributed by atoms with Gasteiger partial charge in [-0.2, -0.15) is 0 Å². The Morgan fingerprint density at radius 3 is 2.75 bits per heavy atom. The molecular formula is C17H29N3. The summed E-state index contributed by atoms with van der Waals surface area (Å²) >= 11 is 0. The number of hydrogen-bond donors (Lipinski definition) is 1. The molecule has 0 radical (unpaired) electrons. The van der Waals surface area contributed by atoms with Gasteiger partial charge in [0.2, 0.25) is 0 Å². The maximum atomic E-state index is 4.72. The SMILES string of the molecule is Cc1cc(CNC(C)(C)C)cnc1N1CCCC(C)C1. The monoisotopic (exact) mass is 275 g/mol. The van der Waals surface area contributed by atoms with Gasteiger partial charge >= 0.3 is 0 Å². The number of nitrogens with one attached hydrogen (secondary N) is 1. The molecular weight excluding hydrogens is 246 g/mol. The van der Waals surface area contributed by atoms with Gasteiger partial charge in [-0.3, -0.25) is 0 Å². The van der Waals surface area contributed by atoms with Crippen molar-refractivity contribution in [3.05, 3.63) is 23.4 Å². The van der Waals surface area contributed by atoms with Crippen LogP contribution in [0.5, 0.6) is 0 Å². The topological polar surface area (TPSA) is 28.2 Å². The van der Waals surface area contributed by atoms with Gasteiger partial charge < -0.3 is 10.2 Å². The minimum atomic E-state index is 0.148. The molecule has 20 heavy (non-hydrogen) atoms. The summed E-state index contributed by atoms with van der Waals surface area (Å²) in [6, 6.07) is 2.28. The van der Waals surface area contributed by atoms with E-state index in [1.54, 1.807) is 0 Å². The van der Waals surface area contributed by atoms with Crippen molar-refractivity contribution >= 4 is 5.82 Å². The molecule has 3 heteroatoms. The van der Waals surface area contributed by atoms with Crippen LogP contribution in [-0.2, 0) is 6.54 Å². The van der Waals surface area contributed by atoms with Crippen molar-refractivity contribution in [1.29, 1.82) is 0 Å². The molecule has 0 saturated carbocycles. The van der Waals surface area contributed by atoms with Crippen LogP contribution in [0.15, 0.2) is 12.3 Å². The second-order valence-electron chi connectivity index (χ2n) is 7.28. The van der Waals surface area contributed by atoms with Crippen LogP contribution in [0.4, 0.5) is 5.82 Å². The van der Waals surface area contributed by atoms with Crippen LogP contribution in [0.2, 0.25) is 0 Å². The van der Waals surface area contributed by atoms with E-state index < -0.39 is 0 Å². The molecule has 1 saturated heterocycles. The molecule has 3 nitrogen and oxygen atoms in total. The van der Waals surface area contributed by atoms with Crippen molar-refractivity contribution in [2.45, 2.75) is 59.5 Å². The van der Waals surface area contributed by atoms with Crippen LogP contribution < -0.4 is 10.2 Å². The van der Waals surface area contributed by atoms with Crippen LogP contribution in [0, 0.1) is 12.8 Å². The molecule has 0 aliphatic carbocycles. The summed E-state index contributed by atoms with van der Waals surface area (Å²) < 4.78 is 0. The fourth-order valence-corrected chi connectivity index (χ4v) is 2.80. The largest absolute Gasteiger partial charge is 0.356 e. The molecule has 1 unspecified atom stereocenters. The second-order valence-corrected chi connectivity index (χ2v) is 7.28. The number of anilines is 1. The average Bonchev–Trinajstić information content (AvgIpc) is 2.35. The Hall–Kier alpha value is -1.09. The molecule has 1 aromatic heterocycles. The predicted octanol–water partition coefficient (Wildman–Crippen LogP) is 3.51. The predicted molar refractivity (Wildman–Crippen MR) is 86.2 cm³/mol. The normalized spacial score (nSPS) is 20.2. The first-order valence-electron chi connectivity index (χ1n) is 7.80. The Morgan fingerprint density at radius 2 is 2.15 bits per heavy atom. The summed E-state index contributed by atoms with van der Waals surface area (Å²) in [5.41, 5.74) is 2.72. The van der Waals surface area contributed by atoms with Crippen molar-refractivity contribution in [2.24, 2.45) is 5.92 Å². The highest BCUT2D eigenvalue weighted by Gasteiger charge is 2.19. The number of nitrogens with zero attached hydrogens (tertiary/aromatic N) is 2. The first-order valence-corrected chi connectivity index (χ1v) is 7.80. The van der Waals surface area contributed by atoms with Crippen LogP contribution in [-0.4, -0.2) is 23.6 Å². The highest BCUT2D eigenvalue weighted by molar-refractivity contribution is 5.47. The van der Waals surface area contributed by atoms with Crippen LogP contribution in [0.1, 0.15) is 51.7 Å². The van der Waals surface area contributed by atoms with Crippen molar-refractivity contribution in [2.75, 3.05) is 18.0 Å². The zero-order valence-electron chi connectivity index (χ0n) is 13.7. The average molecular weight is 275 g/mol. The van der Waals surface area contributed by atoms with Crippen LogP contribution in [0.25, 0.3) is 0 Å². The van der Waals surface area contributed by atoms with E-state index >= 15 is 0 Å². The summed E-state index contributed by atoms with van der Waals surface area (Å²) in [6.07, 6.45) is 4.67. The fourth-order valence-electron chi connectivity index (χ4n) is 2.80. The lowest BCUT2D eigenvalue weighted by Gasteiger charge is -2.33. The molecule has 2 heterocycles. The third-order valence-electron chi connectivity index (χ3n) is 3.89. The summed E-state index contributed by atoms with van der Waals surface area (Å²) in [5.74, 6) is 1.96. The summed E-state index contributed by atoms with van der Waals surface area (Å²) in [5, 5.41) is 3.52. The molecule has 1 atom stereocenters. The lowest BCUT2D eigenvalue weighted by molar-refractivity contribution is 0.423. The minimum absolute atomic E-state index is 0.148. The maximum Gasteiger partial charge on any atom is 0.131 e. The van der Waals surface area contributed by atoms with Gasteiger partial charge in [0.1, 0.15) is 5.82 Å². The Bertz CT molecular complexity index is 448. The molecule has 0 aromatic carbocycles. The highest BCUT2D eigenvalue weighted by atomic mass is 15.2. The van der Waals surface area contributed by atoms with Crippen molar-refractivity contribution in [1.82, 2.24) is 10.3 Å². The third kappa shape index (κ3) is 4.20. The van der Waals surface area contributed by atoms with Crippen molar-refractivity contribution < 1.29 is 0 Å².